The quantitative estimate of drug-likeness (QED) is 0.0700. The summed E-state index contributed by atoms with van der Waals surface area (Å²) < 4.78 is 43.1. The van der Waals surface area contributed by atoms with Crippen LogP contribution in [0.4, 0.5) is 14.5 Å². The lowest BCUT2D eigenvalue weighted by atomic mass is 9.96. The highest BCUT2D eigenvalue weighted by molar-refractivity contribution is 7.93. The van der Waals surface area contributed by atoms with Gasteiger partial charge in [-0.25, -0.2) is 19.0 Å². The van der Waals surface area contributed by atoms with Crippen molar-refractivity contribution in [2.24, 2.45) is 11.7 Å². The predicted molar refractivity (Wildman–Crippen MR) is 184 cm³/mol. The molecule has 1 saturated carbocycles. The van der Waals surface area contributed by atoms with Gasteiger partial charge in [-0.3, -0.25) is 14.3 Å². The number of carbonyl (C=O) groups excluding carboxylic acids is 2. The number of rotatable bonds is 9. The lowest BCUT2D eigenvalue weighted by Gasteiger charge is -2.21. The van der Waals surface area contributed by atoms with E-state index in [0.717, 1.165) is 42.6 Å². The van der Waals surface area contributed by atoms with E-state index in [-0.39, 0.29) is 24.9 Å². The first-order valence-electron chi connectivity index (χ1n) is 15.3. The summed E-state index contributed by atoms with van der Waals surface area (Å²) in [5, 5.41) is 21.5. The SMILES string of the molecule is CC(C)C(N)C(=O)OCn1cc(-c2nc(C=O)cs2)cn1.CCO.CNc1cn(C2CCCCC2)nc1-c1nc(F)ccc1F.CSO. The summed E-state index contributed by atoms with van der Waals surface area (Å²) in [7, 11) is 1.74. The van der Waals surface area contributed by atoms with Crippen LogP contribution in [0.1, 0.15) is 69.4 Å². The molecule has 0 radical (unpaired) electrons. The Balaban J connectivity index is 0.000000287. The number of pyridine rings is 1. The van der Waals surface area contributed by atoms with Gasteiger partial charge < -0.3 is 25.4 Å². The summed E-state index contributed by atoms with van der Waals surface area (Å²) in [6, 6.07) is 1.78. The summed E-state index contributed by atoms with van der Waals surface area (Å²) >= 11 is 2.10. The van der Waals surface area contributed by atoms with E-state index in [2.05, 4.69) is 25.5 Å². The first-order chi connectivity index (χ1) is 23.0. The van der Waals surface area contributed by atoms with Gasteiger partial charge in [0.25, 0.3) is 0 Å². The van der Waals surface area contributed by atoms with Gasteiger partial charge in [-0.05, 0) is 49.9 Å². The molecule has 1 aliphatic rings. The van der Waals surface area contributed by atoms with E-state index < -0.39 is 23.8 Å². The number of thiazole rings is 1. The molecule has 13 nitrogen and oxygen atoms in total. The molecule has 17 heteroatoms. The van der Waals surface area contributed by atoms with Crippen LogP contribution in [0.15, 0.2) is 36.1 Å². The highest BCUT2D eigenvalue weighted by Gasteiger charge is 2.22. The average Bonchev–Trinajstić information content (AvgIpc) is 3.86. The maximum absolute atomic E-state index is 13.9. The van der Waals surface area contributed by atoms with Crippen LogP contribution in [0.5, 0.6) is 0 Å². The van der Waals surface area contributed by atoms with Crippen LogP contribution in [0.2, 0.25) is 0 Å². The van der Waals surface area contributed by atoms with Crippen molar-refractivity contribution in [3.63, 3.8) is 0 Å². The fourth-order valence-corrected chi connectivity index (χ4v) is 5.12. The average molecular weight is 711 g/mol. The Kier molecular flexibility index (Phi) is 17.9. The van der Waals surface area contributed by atoms with Gasteiger partial charge in [0, 0.05) is 43.2 Å². The van der Waals surface area contributed by atoms with Gasteiger partial charge >= 0.3 is 5.97 Å². The number of esters is 1. The minimum absolute atomic E-state index is 0.00876. The summed E-state index contributed by atoms with van der Waals surface area (Å²) in [6.45, 7) is 5.63. The van der Waals surface area contributed by atoms with Crippen molar-refractivity contribution in [3.05, 3.63) is 53.6 Å². The van der Waals surface area contributed by atoms with Crippen LogP contribution in [-0.2, 0) is 16.3 Å². The number of ether oxygens (including phenoxy) is 1. The molecular formula is C31H44F2N8O5S2. The van der Waals surface area contributed by atoms with Crippen LogP contribution < -0.4 is 11.1 Å². The molecule has 4 aromatic rings. The highest BCUT2D eigenvalue weighted by atomic mass is 32.2. The molecule has 5 N–H and O–H groups in total. The van der Waals surface area contributed by atoms with Crippen LogP contribution >= 0.6 is 23.4 Å². The number of aldehydes is 1. The standard InChI is InChI=1S/C15H18F2N4.C13H16N4O3S.C2H6O.CH4OS/c1-18-12-9-21(10-5-3-2-4-6-10)20-15(12)14-11(16)7-8-13(17)19-14;1-8(2)11(14)13(19)20-7-17-4-9(3-15-17)12-16-10(5-18)6-21-12;1-2-3;1-3-2/h7-10,18H,2-6H2,1H3;3-6,8,11H,7,14H2,1-2H3;3H,2H2,1H3;2H,1H3. The second-order valence-corrected chi connectivity index (χ2v) is 11.9. The lowest BCUT2D eigenvalue weighted by molar-refractivity contribution is -0.150. The minimum Gasteiger partial charge on any atom is -0.441 e. The van der Waals surface area contributed by atoms with Crippen LogP contribution in [0.25, 0.3) is 22.0 Å². The van der Waals surface area contributed by atoms with E-state index in [4.69, 9.17) is 20.1 Å². The first kappa shape index (κ1) is 40.4. The fraction of sp³-hybridized carbons (Fsp3) is 0.484. The second kappa shape index (κ2) is 21.3. The highest BCUT2D eigenvalue weighted by Crippen LogP contribution is 2.33. The molecule has 0 bridgehead atoms. The van der Waals surface area contributed by atoms with E-state index in [9.17, 15) is 18.4 Å². The molecule has 1 fully saturated rings. The Labute approximate surface area is 287 Å². The largest absolute Gasteiger partial charge is 0.441 e. The number of nitrogens with zero attached hydrogens (tertiary/aromatic N) is 6. The first-order valence-corrected chi connectivity index (χ1v) is 17.3. The molecule has 1 aliphatic carbocycles. The van der Waals surface area contributed by atoms with E-state index in [1.807, 2.05) is 24.7 Å². The van der Waals surface area contributed by atoms with Crippen molar-refractivity contribution in [1.29, 1.82) is 0 Å². The number of aliphatic hydroxyl groups is 1. The van der Waals surface area contributed by atoms with Gasteiger partial charge in [-0.15, -0.1) is 11.3 Å². The molecule has 1 atom stereocenters. The lowest BCUT2D eigenvalue weighted by Crippen LogP contribution is -2.37. The van der Waals surface area contributed by atoms with Crippen molar-refractivity contribution in [1.82, 2.24) is 29.5 Å². The molecule has 5 rings (SSSR count). The Morgan fingerprint density at radius 3 is 2.46 bits per heavy atom. The zero-order chi connectivity index (χ0) is 35.6. The maximum atomic E-state index is 13.9. The summed E-state index contributed by atoms with van der Waals surface area (Å²) in [4.78, 5) is 30.0. The molecule has 1 unspecified atom stereocenters. The summed E-state index contributed by atoms with van der Waals surface area (Å²) in [6.07, 6.45) is 13.2. The van der Waals surface area contributed by atoms with E-state index in [0.29, 0.717) is 34.4 Å². The maximum Gasteiger partial charge on any atom is 0.324 e. The van der Waals surface area contributed by atoms with Gasteiger partial charge in [0.2, 0.25) is 5.95 Å². The smallest absolute Gasteiger partial charge is 0.324 e. The van der Waals surface area contributed by atoms with Gasteiger partial charge in [0.15, 0.2) is 18.8 Å². The normalized spacial score (nSPS) is 13.2. The molecule has 48 heavy (non-hydrogen) atoms. The zero-order valence-corrected chi connectivity index (χ0v) is 29.3. The minimum atomic E-state index is -0.708. The predicted octanol–water partition coefficient (Wildman–Crippen LogP) is 5.89. The Morgan fingerprint density at radius 2 is 1.88 bits per heavy atom. The molecule has 4 heterocycles. The number of hydrogen-bond acceptors (Lipinski definition) is 13. The van der Waals surface area contributed by atoms with Gasteiger partial charge in [-0.2, -0.15) is 14.6 Å². The summed E-state index contributed by atoms with van der Waals surface area (Å²) in [5.74, 6) is -1.72. The molecule has 264 valence electrons. The van der Waals surface area contributed by atoms with Gasteiger partial charge in [0.05, 0.1) is 17.9 Å². The number of carbonyl (C=O) groups is 2. The van der Waals surface area contributed by atoms with Crippen molar-refractivity contribution < 1.29 is 32.8 Å². The van der Waals surface area contributed by atoms with Crippen LogP contribution in [0.3, 0.4) is 0 Å². The number of anilines is 1. The van der Waals surface area contributed by atoms with Crippen LogP contribution in [-0.4, -0.2) is 77.4 Å². The molecule has 0 amide bonds. The van der Waals surface area contributed by atoms with E-state index in [1.54, 1.807) is 38.0 Å². The molecule has 4 aromatic heterocycles. The molecule has 0 aliphatic heterocycles. The van der Waals surface area contributed by atoms with Gasteiger partial charge in [-0.1, -0.05) is 33.1 Å². The Hall–Kier alpha value is -3.77. The van der Waals surface area contributed by atoms with E-state index >= 15 is 0 Å². The Bertz CT molecular complexity index is 1540. The number of nitrogens with one attached hydrogen (secondary N) is 1. The van der Waals surface area contributed by atoms with Crippen molar-refractivity contribution in [2.45, 2.75) is 71.7 Å². The monoisotopic (exact) mass is 710 g/mol. The molecule has 0 spiro atoms. The van der Waals surface area contributed by atoms with Crippen LogP contribution in [0, 0.1) is 17.7 Å². The third-order valence-corrected chi connectivity index (χ3v) is 7.75. The second-order valence-electron chi connectivity index (χ2n) is 10.7. The third kappa shape index (κ3) is 12.4. The topological polar surface area (TPSA) is 183 Å². The number of halogens is 2. The van der Waals surface area contributed by atoms with Crippen molar-refractivity contribution in [2.75, 3.05) is 25.2 Å². The number of aromatic nitrogens is 6. The Morgan fingerprint density at radius 1 is 1.21 bits per heavy atom. The molecular weight excluding hydrogens is 667 g/mol. The van der Waals surface area contributed by atoms with E-state index in [1.165, 1.54) is 35.3 Å². The molecule has 0 saturated heterocycles. The van der Waals surface area contributed by atoms with Gasteiger partial charge in [0.1, 0.15) is 28.1 Å². The number of hydrogen-bond donors (Lipinski definition) is 4. The third-order valence-electron chi connectivity index (χ3n) is 6.84. The van der Waals surface area contributed by atoms with Crippen molar-refractivity contribution >= 4 is 41.3 Å². The summed E-state index contributed by atoms with van der Waals surface area (Å²) in [5.41, 5.74) is 7.82. The zero-order valence-electron chi connectivity index (χ0n) is 27.7. The fourth-order valence-electron chi connectivity index (χ4n) is 4.38. The number of aliphatic hydroxyl groups excluding tert-OH is 1. The van der Waals surface area contributed by atoms with Crippen molar-refractivity contribution in [3.8, 4) is 22.0 Å². The number of nitrogens with two attached hydrogens (primary N) is 1. The molecule has 0 aromatic carbocycles.